The maximum atomic E-state index is 12.9. The summed E-state index contributed by atoms with van der Waals surface area (Å²) in [5.74, 6) is -9.92. The van der Waals surface area contributed by atoms with Gasteiger partial charge in [0.15, 0.2) is 23.3 Å². The second-order valence-corrected chi connectivity index (χ2v) is 6.91. The smallest absolute Gasteiger partial charge is 0.203 e. The van der Waals surface area contributed by atoms with Crippen LogP contribution in [0.5, 0.6) is 0 Å². The van der Waals surface area contributed by atoms with Crippen LogP contribution in [0.4, 0.5) is 22.0 Å². The van der Waals surface area contributed by atoms with E-state index in [4.69, 9.17) is 22.2 Å². The van der Waals surface area contributed by atoms with Gasteiger partial charge in [0.05, 0.1) is 0 Å². The van der Waals surface area contributed by atoms with Crippen LogP contribution in [0.15, 0.2) is 0 Å². The van der Waals surface area contributed by atoms with Gasteiger partial charge in [0.25, 0.3) is 7.42 Å². The third-order valence-electron chi connectivity index (χ3n) is 1.61. The number of hydrogen-bond donors (Lipinski definition) is 0. The summed E-state index contributed by atoms with van der Waals surface area (Å²) < 4.78 is 63.7. The average Bonchev–Trinajstić information content (AvgIpc) is 2.18. The summed E-state index contributed by atoms with van der Waals surface area (Å²) in [7, 11) is -2.17. The standard InChI is InChI=1S/C7H2Cl2F5Si/c8-15(9)1-2-3(10)5(12)7(14)6(13)4(2)11/h1H2. The molecule has 15 heavy (non-hydrogen) atoms. The molecule has 0 saturated carbocycles. The van der Waals surface area contributed by atoms with Gasteiger partial charge >= 0.3 is 0 Å². The molecule has 1 aromatic carbocycles. The SMILES string of the molecule is Fc1c(F)c(F)c(C[Si](Cl)Cl)c(F)c1F. The first kappa shape index (κ1) is 12.7. The van der Waals surface area contributed by atoms with E-state index in [0.29, 0.717) is 0 Å². The lowest BCUT2D eigenvalue weighted by Crippen LogP contribution is -2.11. The van der Waals surface area contributed by atoms with Crippen molar-refractivity contribution in [2.24, 2.45) is 0 Å². The first-order chi connectivity index (χ1) is 6.86. The highest BCUT2D eigenvalue weighted by atomic mass is 35.7. The van der Waals surface area contributed by atoms with Crippen molar-refractivity contribution in [1.29, 1.82) is 0 Å². The Morgan fingerprint density at radius 2 is 1.07 bits per heavy atom. The average molecular weight is 280 g/mol. The molecule has 0 atom stereocenters. The van der Waals surface area contributed by atoms with Crippen LogP contribution in [0.3, 0.4) is 0 Å². The largest absolute Gasteiger partial charge is 0.278 e. The van der Waals surface area contributed by atoms with E-state index >= 15 is 0 Å². The number of benzene rings is 1. The zero-order valence-corrected chi connectivity index (χ0v) is 9.36. The molecule has 1 radical (unpaired) electrons. The third-order valence-corrected chi connectivity index (χ3v) is 3.03. The molecule has 0 aliphatic rings. The Kier molecular flexibility index (Phi) is 3.97. The van der Waals surface area contributed by atoms with Gasteiger partial charge in [0.1, 0.15) is 0 Å². The second kappa shape index (κ2) is 4.67. The zero-order valence-electron chi connectivity index (χ0n) is 6.85. The van der Waals surface area contributed by atoms with Crippen molar-refractivity contribution in [2.75, 3.05) is 0 Å². The van der Waals surface area contributed by atoms with Crippen molar-refractivity contribution >= 4 is 29.6 Å². The summed E-state index contributed by atoms with van der Waals surface area (Å²) >= 11 is 10.6. The molecule has 8 heteroatoms. The van der Waals surface area contributed by atoms with E-state index in [2.05, 4.69) is 0 Å². The fourth-order valence-electron chi connectivity index (χ4n) is 0.939. The summed E-state index contributed by atoms with van der Waals surface area (Å²) in [5, 5.41) is 0. The van der Waals surface area contributed by atoms with Crippen LogP contribution in [-0.2, 0) is 6.04 Å². The molecule has 0 bridgehead atoms. The Morgan fingerprint density at radius 3 is 1.40 bits per heavy atom. The van der Waals surface area contributed by atoms with Crippen LogP contribution in [-0.4, -0.2) is 7.42 Å². The lowest BCUT2D eigenvalue weighted by atomic mass is 10.2. The van der Waals surface area contributed by atoms with E-state index in [1.54, 1.807) is 0 Å². The Balaban J connectivity index is 3.39. The molecule has 0 aliphatic heterocycles. The van der Waals surface area contributed by atoms with E-state index in [9.17, 15) is 22.0 Å². The molecule has 0 saturated heterocycles. The Hall–Kier alpha value is -0.333. The number of hydrogen-bond acceptors (Lipinski definition) is 0. The van der Waals surface area contributed by atoms with Crippen LogP contribution < -0.4 is 0 Å². The van der Waals surface area contributed by atoms with Crippen LogP contribution in [0, 0.1) is 29.1 Å². The normalized spacial score (nSPS) is 11.2. The van der Waals surface area contributed by atoms with Crippen molar-refractivity contribution < 1.29 is 22.0 Å². The maximum absolute atomic E-state index is 12.9. The highest BCUT2D eigenvalue weighted by Gasteiger charge is 2.26. The number of rotatable bonds is 2. The van der Waals surface area contributed by atoms with Gasteiger partial charge in [0, 0.05) is 11.6 Å². The summed E-state index contributed by atoms with van der Waals surface area (Å²) in [6.45, 7) is 0. The fraction of sp³-hybridized carbons (Fsp3) is 0.143. The predicted molar refractivity (Wildman–Crippen MR) is 47.4 cm³/mol. The lowest BCUT2D eigenvalue weighted by molar-refractivity contribution is 0.372. The van der Waals surface area contributed by atoms with Gasteiger partial charge in [0.2, 0.25) is 5.82 Å². The molecular formula is C7H2Cl2F5Si. The van der Waals surface area contributed by atoms with Crippen LogP contribution in [0.25, 0.3) is 0 Å². The van der Waals surface area contributed by atoms with E-state index in [1.165, 1.54) is 0 Å². The van der Waals surface area contributed by atoms with E-state index < -0.39 is 48.1 Å². The van der Waals surface area contributed by atoms with Crippen molar-refractivity contribution in [3.05, 3.63) is 34.6 Å². The maximum Gasteiger partial charge on any atom is 0.278 e. The molecule has 0 N–H and O–H groups in total. The highest BCUT2D eigenvalue weighted by Crippen LogP contribution is 2.24. The molecular weight excluding hydrogens is 278 g/mol. The summed E-state index contributed by atoms with van der Waals surface area (Å²) in [6, 6.07) is -0.556. The van der Waals surface area contributed by atoms with Crippen molar-refractivity contribution in [3.8, 4) is 0 Å². The molecule has 1 aromatic rings. The van der Waals surface area contributed by atoms with Gasteiger partial charge in [-0.2, -0.15) is 0 Å². The van der Waals surface area contributed by atoms with Crippen molar-refractivity contribution in [3.63, 3.8) is 0 Å². The van der Waals surface area contributed by atoms with E-state index in [0.717, 1.165) is 0 Å². The van der Waals surface area contributed by atoms with Gasteiger partial charge in [-0.05, 0) is 0 Å². The van der Waals surface area contributed by atoms with Gasteiger partial charge < -0.3 is 0 Å². The molecule has 0 spiro atoms. The Morgan fingerprint density at radius 1 is 0.733 bits per heavy atom. The summed E-state index contributed by atoms with van der Waals surface area (Å²) in [6.07, 6.45) is 0. The molecule has 0 heterocycles. The lowest BCUT2D eigenvalue weighted by Gasteiger charge is -2.07. The molecule has 0 aromatic heterocycles. The molecule has 0 fully saturated rings. The molecule has 0 amide bonds. The molecule has 0 aliphatic carbocycles. The quantitative estimate of drug-likeness (QED) is 0.256. The topological polar surface area (TPSA) is 0 Å². The van der Waals surface area contributed by atoms with Gasteiger partial charge in [-0.3, -0.25) is 0 Å². The second-order valence-electron chi connectivity index (χ2n) is 2.56. The fourth-order valence-corrected chi connectivity index (χ4v) is 2.32. The third kappa shape index (κ3) is 2.43. The minimum atomic E-state index is -2.19. The van der Waals surface area contributed by atoms with Crippen molar-refractivity contribution in [1.82, 2.24) is 0 Å². The van der Waals surface area contributed by atoms with E-state index in [-0.39, 0.29) is 0 Å². The molecule has 0 unspecified atom stereocenters. The Labute approximate surface area is 92.6 Å². The van der Waals surface area contributed by atoms with E-state index in [1.807, 2.05) is 0 Å². The van der Waals surface area contributed by atoms with Gasteiger partial charge in [-0.15, -0.1) is 22.2 Å². The van der Waals surface area contributed by atoms with Gasteiger partial charge in [-0.25, -0.2) is 22.0 Å². The molecule has 83 valence electrons. The first-order valence-electron chi connectivity index (χ1n) is 3.53. The molecule has 1 rings (SSSR count). The first-order valence-corrected chi connectivity index (χ1v) is 7.26. The Bertz CT molecular complexity index is 366. The summed E-state index contributed by atoms with van der Waals surface area (Å²) in [4.78, 5) is 0. The monoisotopic (exact) mass is 279 g/mol. The summed E-state index contributed by atoms with van der Waals surface area (Å²) in [5.41, 5.74) is -0.967. The highest BCUT2D eigenvalue weighted by molar-refractivity contribution is 7.33. The van der Waals surface area contributed by atoms with Crippen LogP contribution in [0.1, 0.15) is 5.56 Å². The predicted octanol–water partition coefficient (Wildman–Crippen LogP) is 3.43. The molecule has 0 nitrogen and oxygen atoms in total. The minimum absolute atomic E-state index is 0.556. The van der Waals surface area contributed by atoms with Gasteiger partial charge in [-0.1, -0.05) is 0 Å². The van der Waals surface area contributed by atoms with Crippen molar-refractivity contribution in [2.45, 2.75) is 6.04 Å². The van der Waals surface area contributed by atoms with Crippen LogP contribution >= 0.6 is 22.2 Å². The van der Waals surface area contributed by atoms with Crippen LogP contribution in [0.2, 0.25) is 0 Å². The number of halogens is 7. The zero-order chi connectivity index (χ0) is 11.7. The minimum Gasteiger partial charge on any atom is -0.203 e.